The van der Waals surface area contributed by atoms with E-state index in [1.54, 1.807) is 0 Å². The first-order valence-electron chi connectivity index (χ1n) is 7.81. The smallest absolute Gasteiger partial charge is 0.790 e. The van der Waals surface area contributed by atoms with Gasteiger partial charge in [0.05, 0.1) is 39.1 Å². The maximum absolute atomic E-state index is 11.2. The second kappa shape index (κ2) is 21.1. The third kappa shape index (κ3) is 24.0. The van der Waals surface area contributed by atoms with Crippen LogP contribution in [-0.2, 0) is 157 Å². The first kappa shape index (κ1) is 58.0. The summed E-state index contributed by atoms with van der Waals surface area (Å²) in [5.41, 5.74) is 0. The molecule has 0 spiro atoms. The van der Waals surface area contributed by atoms with E-state index >= 15 is 0 Å². The predicted octanol–water partition coefficient (Wildman–Crippen LogP) is -10.1. The first-order chi connectivity index (χ1) is 15.6. The summed E-state index contributed by atoms with van der Waals surface area (Å²) in [6, 6.07) is 0. The Morgan fingerprint density at radius 1 is 0.333 bits per heavy atom. The Hall–Kier alpha value is 3.78. The van der Waals surface area contributed by atoms with Crippen LogP contribution >= 0.6 is 46.9 Å². The summed E-state index contributed by atoms with van der Waals surface area (Å²) in [5.74, 6) is 0. The van der Waals surface area contributed by atoms with Crippen LogP contribution in [-0.4, -0.2) is 41.5 Å². The molecule has 24 nitrogen and oxygen atoms in total. The van der Waals surface area contributed by atoms with Gasteiger partial charge in [-0.15, -0.1) is 0 Å². The van der Waals surface area contributed by atoms with Gasteiger partial charge in [0.2, 0.25) is 0 Å². The van der Waals surface area contributed by atoms with Crippen molar-refractivity contribution in [2.24, 2.45) is 0 Å². The van der Waals surface area contributed by atoms with Crippen molar-refractivity contribution in [1.82, 2.24) is 0 Å². The van der Waals surface area contributed by atoms with Gasteiger partial charge in [0, 0.05) is 0 Å². The molecule has 42 heavy (non-hydrogen) atoms. The fraction of sp³-hybridized carbons (Fsp3) is 1.00. The number of rotatable bonds is 12. The molecule has 1 saturated carbocycles. The molecule has 1 aliphatic carbocycles. The van der Waals surface area contributed by atoms with E-state index in [9.17, 15) is 81.2 Å². The molecule has 270 valence electrons. The van der Waals surface area contributed by atoms with Gasteiger partial charge in [-0.1, -0.05) is 0 Å². The minimum atomic E-state index is -6.67. The fourth-order valence-corrected chi connectivity index (χ4v) is 5.98. The quantitative estimate of drug-likeness (QED) is 0.140. The molecule has 0 aliphatic heterocycles. The second-order valence-corrected chi connectivity index (χ2v) is 12.8. The van der Waals surface area contributed by atoms with Gasteiger partial charge in [0.1, 0.15) is 36.6 Å². The second-order valence-electron chi connectivity index (χ2n) is 6.12. The first-order valence-corrected chi connectivity index (χ1v) is 16.6. The molecule has 6 radical (unpaired) electrons. The van der Waals surface area contributed by atoms with Crippen LogP contribution in [0.15, 0.2) is 0 Å². The third-order valence-corrected chi connectivity index (χ3v) is 6.47. The van der Waals surface area contributed by atoms with E-state index in [0.717, 1.165) is 0 Å². The fourth-order valence-electron chi connectivity index (χ4n) is 2.74. The number of hydrogen-bond donors (Lipinski definition) is 1. The molecule has 0 saturated heterocycles. The van der Waals surface area contributed by atoms with Crippen molar-refractivity contribution in [1.29, 1.82) is 0 Å². The average Bonchev–Trinajstić information content (AvgIpc) is 2.51. The van der Waals surface area contributed by atoms with Crippen LogP contribution in [0.1, 0.15) is 0 Å². The molecule has 0 aromatic rings. The van der Waals surface area contributed by atoms with Gasteiger partial charge in [-0.25, -0.2) is 0 Å². The summed E-state index contributed by atoms with van der Waals surface area (Å²) in [6.45, 7) is 0. The SMILES string of the molecule is O=P([O-])([O-])OC1[C@@H](OP(=O)([O-])[O-])[C@H](OP(=O)([O-])[O-])C(OP(=O)([O-])O)[C@H](OP(=O)([O-])[O-])[C@H]1OP(=O)([O-])[O-].[Cu+2].[Cu+2].[Cu+2].[Cu+2].[Cu+2].[Cu+2]. The summed E-state index contributed by atoms with van der Waals surface area (Å²) >= 11 is 0. The van der Waals surface area contributed by atoms with Gasteiger partial charge in [0.15, 0.2) is 0 Å². The molecular weight excluding hydrogens is 1020 g/mol. The Balaban J connectivity index is -0.000000540. The molecule has 7 atom stereocenters. The zero-order valence-electron chi connectivity index (χ0n) is 17.8. The molecule has 0 aromatic heterocycles. The zero-order valence-corrected chi connectivity index (χ0v) is 28.8. The Labute approximate surface area is 297 Å². The van der Waals surface area contributed by atoms with Gasteiger partial charge in [-0.2, -0.15) is 0 Å². The molecule has 0 heterocycles. The normalized spacial score (nSPS) is 26.3. The van der Waals surface area contributed by atoms with Crippen molar-refractivity contribution in [2.45, 2.75) is 36.6 Å². The Kier molecular flexibility index (Phi) is 29.1. The number of hydrogen-bond acceptors (Lipinski definition) is 23. The molecule has 0 aromatic carbocycles. The molecule has 1 fully saturated rings. The van der Waals surface area contributed by atoms with E-state index in [1.807, 2.05) is 0 Å². The van der Waals surface area contributed by atoms with E-state index in [2.05, 4.69) is 27.1 Å². The maximum Gasteiger partial charge on any atom is 2.00 e. The van der Waals surface area contributed by atoms with E-state index in [4.69, 9.17) is 4.89 Å². The molecule has 1 N–H and O–H groups in total. The summed E-state index contributed by atoms with van der Waals surface area (Å²) in [4.78, 5) is 131. The third-order valence-electron chi connectivity index (χ3n) is 3.45. The van der Waals surface area contributed by atoms with Crippen molar-refractivity contribution >= 4 is 46.9 Å². The molecule has 3 unspecified atom stereocenters. The predicted molar refractivity (Wildman–Crippen MR) is 77.1 cm³/mol. The molecule has 1 aliphatic rings. The van der Waals surface area contributed by atoms with Gasteiger partial charge >= 0.3 is 102 Å². The van der Waals surface area contributed by atoms with Crippen LogP contribution in [0.25, 0.3) is 0 Å². The van der Waals surface area contributed by atoms with Gasteiger partial charge < -0.3 is 109 Å². The largest absolute Gasteiger partial charge is 2.00 e. The van der Waals surface area contributed by atoms with E-state index in [0.29, 0.717) is 0 Å². The monoisotopic (exact) mass is 1030 g/mol. The molecular formula is C6H7Cu6O24P6+. The molecule has 0 bridgehead atoms. The Morgan fingerprint density at radius 3 is 0.548 bits per heavy atom. The summed E-state index contributed by atoms with van der Waals surface area (Å²) in [5, 5.41) is 0. The number of phosphoric acid groups is 6. The van der Waals surface area contributed by atoms with E-state index in [1.165, 1.54) is 0 Å². The minimum absolute atomic E-state index is 0. The topological polar surface area (TPSA) is 432 Å². The van der Waals surface area contributed by atoms with Crippen LogP contribution in [0.4, 0.5) is 0 Å². The Bertz CT molecular complexity index is 843. The van der Waals surface area contributed by atoms with E-state index < -0.39 is 83.6 Å². The van der Waals surface area contributed by atoms with Crippen LogP contribution in [0.3, 0.4) is 0 Å². The van der Waals surface area contributed by atoms with Gasteiger partial charge in [-0.05, 0) is 0 Å². The average molecular weight is 1030 g/mol. The van der Waals surface area contributed by atoms with Crippen LogP contribution in [0.2, 0.25) is 0 Å². The van der Waals surface area contributed by atoms with Crippen LogP contribution < -0.4 is 53.8 Å². The van der Waals surface area contributed by atoms with Crippen LogP contribution in [0.5, 0.6) is 0 Å². The van der Waals surface area contributed by atoms with Gasteiger partial charge in [0.25, 0.3) is 7.82 Å². The number of phosphoric ester groups is 6. The van der Waals surface area contributed by atoms with E-state index in [-0.39, 0.29) is 102 Å². The minimum Gasteiger partial charge on any atom is -0.790 e. The van der Waals surface area contributed by atoms with Crippen molar-refractivity contribution in [2.75, 3.05) is 0 Å². The summed E-state index contributed by atoms with van der Waals surface area (Å²) in [6.07, 6.45) is -21.3. The van der Waals surface area contributed by atoms with Crippen LogP contribution in [0, 0.1) is 0 Å². The Morgan fingerprint density at radius 2 is 0.452 bits per heavy atom. The molecule has 36 heteroatoms. The van der Waals surface area contributed by atoms with Crippen molar-refractivity contribution < 1.29 is 216 Å². The molecule has 0 amide bonds. The summed E-state index contributed by atoms with van der Waals surface area (Å²) < 4.78 is 88.7. The zero-order chi connectivity index (χ0) is 28.7. The van der Waals surface area contributed by atoms with Crippen molar-refractivity contribution in [3.8, 4) is 0 Å². The van der Waals surface area contributed by atoms with Crippen molar-refractivity contribution in [3.05, 3.63) is 0 Å². The van der Waals surface area contributed by atoms with Gasteiger partial charge in [-0.3, -0.25) is 4.57 Å². The molecule has 1 rings (SSSR count). The maximum atomic E-state index is 11.2. The summed E-state index contributed by atoms with van der Waals surface area (Å²) in [7, 11) is -39.8. The van der Waals surface area contributed by atoms with Crippen molar-refractivity contribution in [3.63, 3.8) is 0 Å². The standard InChI is InChI=1S/C6H18O24P6.6Cu/c7-31(8,9)25-1-2(26-32(10,11)12)4(28-34(16,17)18)6(30-36(22,23)24)5(29-35(19,20)21)3(1)27-33(13,14)15;;;;;;/h1-6H,(H2,7,8,9)(H2,10,11,12)(H2,13,14,15)(H2,16,17,18)(H2,19,20,21)(H2,22,23,24);;;;;;/q;6*+2/p-11/t1-,2-,3?,4?,5-,6-;;;;;;.